The standard InChI is InChI=1S/C10H6ClF2N3O/c11-8-9(14)15-4-16-10(8)17-5-1-2-6(12)7(13)3-5/h1-4H,(H2,14,15,16). The molecule has 0 aliphatic heterocycles. The largest absolute Gasteiger partial charge is 0.437 e. The molecule has 0 saturated carbocycles. The Balaban J connectivity index is 2.31. The molecule has 0 spiro atoms. The molecule has 0 unspecified atom stereocenters. The fourth-order valence-electron chi connectivity index (χ4n) is 1.09. The molecule has 0 aliphatic rings. The molecular weight excluding hydrogens is 252 g/mol. The molecule has 7 heteroatoms. The van der Waals surface area contributed by atoms with Crippen LogP contribution in [0.1, 0.15) is 0 Å². The normalized spacial score (nSPS) is 10.3. The second-order valence-electron chi connectivity index (χ2n) is 3.06. The average Bonchev–Trinajstić information content (AvgIpc) is 2.30. The lowest BCUT2D eigenvalue weighted by Crippen LogP contribution is -1.96. The average molecular weight is 258 g/mol. The van der Waals surface area contributed by atoms with E-state index in [4.69, 9.17) is 22.1 Å². The van der Waals surface area contributed by atoms with Gasteiger partial charge in [-0.05, 0) is 12.1 Å². The zero-order valence-electron chi connectivity index (χ0n) is 8.32. The predicted octanol–water partition coefficient (Wildman–Crippen LogP) is 2.78. The van der Waals surface area contributed by atoms with Crippen LogP contribution in [-0.2, 0) is 0 Å². The van der Waals surface area contributed by atoms with Crippen LogP contribution >= 0.6 is 11.6 Å². The highest BCUT2D eigenvalue weighted by molar-refractivity contribution is 6.34. The summed E-state index contributed by atoms with van der Waals surface area (Å²) in [5.74, 6) is -1.92. The molecule has 1 aromatic carbocycles. The number of aromatic nitrogens is 2. The number of hydrogen-bond acceptors (Lipinski definition) is 4. The Bertz CT molecular complexity index is 565. The van der Waals surface area contributed by atoms with Crippen molar-refractivity contribution in [2.24, 2.45) is 0 Å². The molecule has 2 aromatic rings. The summed E-state index contributed by atoms with van der Waals surface area (Å²) in [5, 5.41) is 0.0113. The molecule has 0 amide bonds. The fourth-order valence-corrected chi connectivity index (χ4v) is 1.23. The van der Waals surface area contributed by atoms with E-state index in [9.17, 15) is 8.78 Å². The van der Waals surface area contributed by atoms with Gasteiger partial charge in [0.15, 0.2) is 11.6 Å². The third-order valence-corrected chi connectivity index (χ3v) is 2.25. The second kappa shape index (κ2) is 4.50. The number of nitrogens with two attached hydrogens (primary N) is 1. The van der Waals surface area contributed by atoms with Crippen LogP contribution in [0.3, 0.4) is 0 Å². The number of hydrogen-bond donors (Lipinski definition) is 1. The Morgan fingerprint density at radius 3 is 2.65 bits per heavy atom. The van der Waals surface area contributed by atoms with Gasteiger partial charge in [0.25, 0.3) is 0 Å². The first-order chi connectivity index (χ1) is 8.08. The lowest BCUT2D eigenvalue weighted by Gasteiger charge is -2.07. The number of anilines is 1. The van der Waals surface area contributed by atoms with Gasteiger partial charge >= 0.3 is 0 Å². The molecular formula is C10H6ClF2N3O. The minimum absolute atomic E-state index is 0.0113. The summed E-state index contributed by atoms with van der Waals surface area (Å²) in [7, 11) is 0. The van der Waals surface area contributed by atoms with Crippen molar-refractivity contribution >= 4 is 17.4 Å². The molecule has 17 heavy (non-hydrogen) atoms. The van der Waals surface area contributed by atoms with E-state index < -0.39 is 11.6 Å². The van der Waals surface area contributed by atoms with E-state index in [2.05, 4.69) is 9.97 Å². The van der Waals surface area contributed by atoms with Gasteiger partial charge < -0.3 is 10.5 Å². The van der Waals surface area contributed by atoms with Crippen LogP contribution in [0.5, 0.6) is 11.6 Å². The molecule has 0 bridgehead atoms. The zero-order valence-corrected chi connectivity index (χ0v) is 9.08. The third-order valence-electron chi connectivity index (χ3n) is 1.89. The van der Waals surface area contributed by atoms with Gasteiger partial charge in [0, 0.05) is 6.07 Å². The first kappa shape index (κ1) is 11.5. The Labute approximate surface area is 100 Å². The van der Waals surface area contributed by atoms with Gasteiger partial charge in [0.1, 0.15) is 22.9 Å². The summed E-state index contributed by atoms with van der Waals surface area (Å²) < 4.78 is 30.8. The van der Waals surface area contributed by atoms with Gasteiger partial charge in [0.2, 0.25) is 5.88 Å². The summed E-state index contributed by atoms with van der Waals surface area (Å²) in [6.45, 7) is 0. The first-order valence-electron chi connectivity index (χ1n) is 4.47. The number of ether oxygens (including phenoxy) is 1. The SMILES string of the molecule is Nc1ncnc(Oc2ccc(F)c(F)c2)c1Cl. The van der Waals surface area contributed by atoms with E-state index in [0.29, 0.717) is 0 Å². The minimum atomic E-state index is -1.03. The van der Waals surface area contributed by atoms with Crippen molar-refractivity contribution in [1.29, 1.82) is 0 Å². The highest BCUT2D eigenvalue weighted by atomic mass is 35.5. The molecule has 1 aromatic heterocycles. The second-order valence-corrected chi connectivity index (χ2v) is 3.43. The number of benzene rings is 1. The maximum absolute atomic E-state index is 12.9. The summed E-state index contributed by atoms with van der Waals surface area (Å²) in [5.41, 5.74) is 5.43. The van der Waals surface area contributed by atoms with Crippen molar-refractivity contribution < 1.29 is 13.5 Å². The Morgan fingerprint density at radius 2 is 1.94 bits per heavy atom. The van der Waals surface area contributed by atoms with Crippen LogP contribution in [0.15, 0.2) is 24.5 Å². The quantitative estimate of drug-likeness (QED) is 0.899. The van der Waals surface area contributed by atoms with E-state index >= 15 is 0 Å². The lowest BCUT2D eigenvalue weighted by molar-refractivity contribution is 0.447. The highest BCUT2D eigenvalue weighted by Gasteiger charge is 2.10. The number of nitrogen functional groups attached to an aromatic ring is 1. The van der Waals surface area contributed by atoms with Crippen LogP contribution in [0, 0.1) is 11.6 Å². The first-order valence-corrected chi connectivity index (χ1v) is 4.84. The maximum Gasteiger partial charge on any atom is 0.243 e. The van der Waals surface area contributed by atoms with Gasteiger partial charge in [-0.2, -0.15) is 4.98 Å². The van der Waals surface area contributed by atoms with Crippen molar-refractivity contribution in [3.63, 3.8) is 0 Å². The van der Waals surface area contributed by atoms with Crippen LogP contribution in [0.2, 0.25) is 5.02 Å². The number of halogens is 3. The molecule has 2 N–H and O–H groups in total. The molecule has 1 heterocycles. The van der Waals surface area contributed by atoms with Gasteiger partial charge in [-0.25, -0.2) is 13.8 Å². The Morgan fingerprint density at radius 1 is 1.18 bits per heavy atom. The number of nitrogens with zero attached hydrogens (tertiary/aromatic N) is 2. The van der Waals surface area contributed by atoms with Crippen LogP contribution in [0.4, 0.5) is 14.6 Å². The van der Waals surface area contributed by atoms with Crippen molar-refractivity contribution in [2.75, 3.05) is 5.73 Å². The molecule has 0 saturated heterocycles. The van der Waals surface area contributed by atoms with Gasteiger partial charge in [-0.15, -0.1) is 0 Å². The van der Waals surface area contributed by atoms with E-state index in [1.165, 1.54) is 6.07 Å². The highest BCUT2D eigenvalue weighted by Crippen LogP contribution is 2.30. The van der Waals surface area contributed by atoms with E-state index in [-0.39, 0.29) is 22.5 Å². The summed E-state index contributed by atoms with van der Waals surface area (Å²) in [4.78, 5) is 7.36. The van der Waals surface area contributed by atoms with Gasteiger partial charge in [-0.1, -0.05) is 11.6 Å². The molecule has 88 valence electrons. The Kier molecular flexibility index (Phi) is 3.06. The van der Waals surface area contributed by atoms with Crippen molar-refractivity contribution in [3.05, 3.63) is 41.2 Å². The van der Waals surface area contributed by atoms with Crippen LogP contribution < -0.4 is 10.5 Å². The number of rotatable bonds is 2. The zero-order chi connectivity index (χ0) is 12.4. The van der Waals surface area contributed by atoms with E-state index in [1.807, 2.05) is 0 Å². The fraction of sp³-hybridized carbons (Fsp3) is 0. The van der Waals surface area contributed by atoms with Gasteiger partial charge in [-0.3, -0.25) is 0 Å². The monoisotopic (exact) mass is 257 g/mol. The summed E-state index contributed by atoms with van der Waals surface area (Å²) in [6.07, 6.45) is 1.15. The van der Waals surface area contributed by atoms with Gasteiger partial charge in [0.05, 0.1) is 0 Å². The lowest BCUT2D eigenvalue weighted by atomic mass is 10.3. The molecule has 0 aliphatic carbocycles. The summed E-state index contributed by atoms with van der Waals surface area (Å²) >= 11 is 5.77. The summed E-state index contributed by atoms with van der Waals surface area (Å²) in [6, 6.07) is 3.06. The molecule has 0 radical (unpaired) electrons. The molecule has 2 rings (SSSR count). The predicted molar refractivity (Wildman–Crippen MR) is 57.9 cm³/mol. The van der Waals surface area contributed by atoms with E-state index in [1.54, 1.807) is 0 Å². The van der Waals surface area contributed by atoms with Crippen molar-refractivity contribution in [3.8, 4) is 11.6 Å². The minimum Gasteiger partial charge on any atom is -0.437 e. The third kappa shape index (κ3) is 2.42. The molecule has 0 atom stereocenters. The molecule has 0 fully saturated rings. The van der Waals surface area contributed by atoms with E-state index in [0.717, 1.165) is 18.5 Å². The van der Waals surface area contributed by atoms with Crippen LogP contribution in [0.25, 0.3) is 0 Å². The van der Waals surface area contributed by atoms with Crippen molar-refractivity contribution in [1.82, 2.24) is 9.97 Å². The van der Waals surface area contributed by atoms with Crippen LogP contribution in [-0.4, -0.2) is 9.97 Å². The topological polar surface area (TPSA) is 61.0 Å². The smallest absolute Gasteiger partial charge is 0.243 e. The maximum atomic E-state index is 12.9. The Hall–Kier alpha value is -1.95. The molecule has 4 nitrogen and oxygen atoms in total. The van der Waals surface area contributed by atoms with Crippen molar-refractivity contribution in [2.45, 2.75) is 0 Å².